The highest BCUT2D eigenvalue weighted by Gasteiger charge is 2.30. The predicted octanol–water partition coefficient (Wildman–Crippen LogP) is 3.35. The van der Waals surface area contributed by atoms with Gasteiger partial charge in [0.25, 0.3) is 0 Å². The fourth-order valence-electron chi connectivity index (χ4n) is 1.92. The van der Waals surface area contributed by atoms with Crippen LogP contribution in [0.2, 0.25) is 0 Å². The van der Waals surface area contributed by atoms with Crippen LogP contribution in [0.5, 0.6) is 0 Å². The third-order valence-electron chi connectivity index (χ3n) is 3.19. The van der Waals surface area contributed by atoms with Crippen molar-refractivity contribution in [3.05, 3.63) is 42.2 Å². The van der Waals surface area contributed by atoms with Gasteiger partial charge in [0.1, 0.15) is 5.82 Å². The van der Waals surface area contributed by atoms with Gasteiger partial charge in [-0.1, -0.05) is 19.1 Å². The van der Waals surface area contributed by atoms with Crippen LogP contribution >= 0.6 is 0 Å². The molecule has 2 N–H and O–H groups in total. The largest absolute Gasteiger partial charge is 0.416 e. The second kappa shape index (κ2) is 6.74. The van der Waals surface area contributed by atoms with E-state index in [9.17, 15) is 13.2 Å². The third-order valence-corrected chi connectivity index (χ3v) is 3.19. The van der Waals surface area contributed by atoms with Gasteiger partial charge in [-0.15, -0.1) is 0 Å². The molecule has 1 heterocycles. The average molecular weight is 311 g/mol. The molecule has 22 heavy (non-hydrogen) atoms. The Labute approximate surface area is 126 Å². The van der Waals surface area contributed by atoms with E-state index in [0.29, 0.717) is 23.5 Å². The van der Waals surface area contributed by atoms with E-state index in [1.807, 2.05) is 6.92 Å². The van der Waals surface area contributed by atoms with E-state index < -0.39 is 11.7 Å². The van der Waals surface area contributed by atoms with E-state index >= 15 is 0 Å². The van der Waals surface area contributed by atoms with Gasteiger partial charge >= 0.3 is 6.18 Å². The van der Waals surface area contributed by atoms with Crippen molar-refractivity contribution in [2.45, 2.75) is 25.6 Å². The molecule has 1 unspecified atom stereocenters. The Balaban J connectivity index is 2.30. The minimum atomic E-state index is -4.40. The van der Waals surface area contributed by atoms with Crippen molar-refractivity contribution in [2.75, 3.05) is 11.9 Å². The Morgan fingerprint density at radius 2 is 2.05 bits per heavy atom. The summed E-state index contributed by atoms with van der Waals surface area (Å²) in [7, 11) is 0. The minimum Gasteiger partial charge on any atom is -0.394 e. The van der Waals surface area contributed by atoms with Gasteiger partial charge in [0.2, 0.25) is 0 Å². The Morgan fingerprint density at radius 1 is 1.27 bits per heavy atom. The van der Waals surface area contributed by atoms with Gasteiger partial charge in [-0.3, -0.25) is 4.98 Å². The summed E-state index contributed by atoms with van der Waals surface area (Å²) >= 11 is 0. The molecule has 4 nitrogen and oxygen atoms in total. The summed E-state index contributed by atoms with van der Waals surface area (Å²) in [4.78, 5) is 8.24. The van der Waals surface area contributed by atoms with Gasteiger partial charge in [-0.05, 0) is 18.6 Å². The maximum absolute atomic E-state index is 12.8. The minimum absolute atomic E-state index is 0.0635. The van der Waals surface area contributed by atoms with E-state index in [1.165, 1.54) is 18.5 Å². The average Bonchev–Trinajstić information content (AvgIpc) is 2.52. The number of hydrogen-bond acceptors (Lipinski definition) is 4. The van der Waals surface area contributed by atoms with Crippen molar-refractivity contribution >= 4 is 5.82 Å². The lowest BCUT2D eigenvalue weighted by Crippen LogP contribution is -2.23. The number of benzene rings is 1. The van der Waals surface area contributed by atoms with Crippen molar-refractivity contribution in [1.82, 2.24) is 9.97 Å². The van der Waals surface area contributed by atoms with Gasteiger partial charge in [0.05, 0.1) is 36.3 Å². The molecule has 0 saturated heterocycles. The molecular weight excluding hydrogens is 295 g/mol. The van der Waals surface area contributed by atoms with E-state index in [2.05, 4.69) is 15.3 Å². The maximum atomic E-state index is 12.8. The summed E-state index contributed by atoms with van der Waals surface area (Å²) in [5.74, 6) is 0.413. The standard InChI is InChI=1S/C15H16F3N3O/c1-2-12(9-22)20-14-8-19-7-13(21-14)10-4-3-5-11(6-10)15(16,17)18/h3-8,12,22H,2,9H2,1H3,(H,20,21). The molecule has 0 aliphatic carbocycles. The number of alkyl halides is 3. The number of rotatable bonds is 5. The number of anilines is 1. The van der Waals surface area contributed by atoms with Crippen LogP contribution in [0.25, 0.3) is 11.3 Å². The zero-order valence-electron chi connectivity index (χ0n) is 11.9. The van der Waals surface area contributed by atoms with E-state index in [4.69, 9.17) is 5.11 Å². The molecule has 0 aliphatic rings. The number of nitrogens with one attached hydrogen (secondary N) is 1. The van der Waals surface area contributed by atoms with Crippen LogP contribution < -0.4 is 5.32 Å². The predicted molar refractivity (Wildman–Crippen MR) is 77.3 cm³/mol. The molecular formula is C15H16F3N3O. The molecule has 7 heteroatoms. The topological polar surface area (TPSA) is 58.0 Å². The van der Waals surface area contributed by atoms with Gasteiger partial charge in [0.15, 0.2) is 0 Å². The van der Waals surface area contributed by atoms with Crippen LogP contribution in [0.15, 0.2) is 36.7 Å². The lowest BCUT2D eigenvalue weighted by atomic mass is 10.1. The van der Waals surface area contributed by atoms with Crippen LogP contribution in [0.3, 0.4) is 0 Å². The monoisotopic (exact) mass is 311 g/mol. The molecule has 0 bridgehead atoms. The Hall–Kier alpha value is -2.15. The van der Waals surface area contributed by atoms with Crippen LogP contribution in [0.4, 0.5) is 19.0 Å². The third kappa shape index (κ3) is 3.94. The molecule has 2 aromatic rings. The summed E-state index contributed by atoms with van der Waals surface area (Å²) in [6.45, 7) is 1.84. The van der Waals surface area contributed by atoms with Gasteiger partial charge in [-0.2, -0.15) is 13.2 Å². The molecule has 0 radical (unpaired) electrons. The Bertz CT molecular complexity index is 627. The van der Waals surface area contributed by atoms with Crippen molar-refractivity contribution < 1.29 is 18.3 Å². The molecule has 2 rings (SSSR count). The molecule has 0 saturated carbocycles. The quantitative estimate of drug-likeness (QED) is 0.889. The van der Waals surface area contributed by atoms with Crippen molar-refractivity contribution in [3.8, 4) is 11.3 Å². The lowest BCUT2D eigenvalue weighted by Gasteiger charge is -2.15. The fourth-order valence-corrected chi connectivity index (χ4v) is 1.92. The second-order valence-electron chi connectivity index (χ2n) is 4.80. The summed E-state index contributed by atoms with van der Waals surface area (Å²) in [6, 6.07) is 4.76. The first kappa shape index (κ1) is 16.2. The van der Waals surface area contributed by atoms with E-state index in [0.717, 1.165) is 12.1 Å². The summed E-state index contributed by atoms with van der Waals surface area (Å²) in [5.41, 5.74) is -0.0566. The van der Waals surface area contributed by atoms with Gasteiger partial charge in [0, 0.05) is 5.56 Å². The van der Waals surface area contributed by atoms with Crippen molar-refractivity contribution in [3.63, 3.8) is 0 Å². The summed E-state index contributed by atoms with van der Waals surface area (Å²) < 4.78 is 38.3. The number of halogens is 3. The molecule has 118 valence electrons. The number of nitrogens with zero attached hydrogens (tertiary/aromatic N) is 2. The second-order valence-corrected chi connectivity index (χ2v) is 4.80. The van der Waals surface area contributed by atoms with Crippen LogP contribution in [-0.2, 0) is 6.18 Å². The number of aliphatic hydroxyl groups is 1. The van der Waals surface area contributed by atoms with Crippen LogP contribution in [-0.4, -0.2) is 27.7 Å². The summed E-state index contributed by atoms with van der Waals surface area (Å²) in [5, 5.41) is 12.2. The highest BCUT2D eigenvalue weighted by molar-refractivity contribution is 5.61. The molecule has 0 fully saturated rings. The van der Waals surface area contributed by atoms with Crippen molar-refractivity contribution in [1.29, 1.82) is 0 Å². The number of aromatic nitrogens is 2. The molecule has 1 atom stereocenters. The highest BCUT2D eigenvalue weighted by Crippen LogP contribution is 2.31. The van der Waals surface area contributed by atoms with Crippen molar-refractivity contribution in [2.24, 2.45) is 0 Å². The number of aliphatic hydroxyl groups excluding tert-OH is 1. The molecule has 1 aromatic carbocycles. The first-order valence-electron chi connectivity index (χ1n) is 6.81. The first-order chi connectivity index (χ1) is 10.4. The highest BCUT2D eigenvalue weighted by atomic mass is 19.4. The van der Waals surface area contributed by atoms with E-state index in [-0.39, 0.29) is 12.6 Å². The zero-order chi connectivity index (χ0) is 16.2. The molecule has 0 aliphatic heterocycles. The molecule has 0 amide bonds. The maximum Gasteiger partial charge on any atom is 0.416 e. The van der Waals surface area contributed by atoms with Crippen LogP contribution in [0, 0.1) is 0 Å². The lowest BCUT2D eigenvalue weighted by molar-refractivity contribution is -0.137. The molecule has 1 aromatic heterocycles. The Kier molecular flexibility index (Phi) is 4.97. The fraction of sp³-hybridized carbons (Fsp3) is 0.333. The Morgan fingerprint density at radius 3 is 2.68 bits per heavy atom. The zero-order valence-corrected chi connectivity index (χ0v) is 11.9. The van der Waals surface area contributed by atoms with E-state index in [1.54, 1.807) is 6.07 Å². The normalized spacial score (nSPS) is 13.0. The van der Waals surface area contributed by atoms with Crippen LogP contribution in [0.1, 0.15) is 18.9 Å². The van der Waals surface area contributed by atoms with Gasteiger partial charge in [-0.25, -0.2) is 4.98 Å². The van der Waals surface area contributed by atoms with Gasteiger partial charge < -0.3 is 10.4 Å². The smallest absolute Gasteiger partial charge is 0.394 e. The first-order valence-corrected chi connectivity index (χ1v) is 6.81. The molecule has 0 spiro atoms. The number of hydrogen-bond donors (Lipinski definition) is 2. The summed E-state index contributed by atoms with van der Waals surface area (Å²) in [6.07, 6.45) is -0.842. The SMILES string of the molecule is CCC(CO)Nc1cncc(-c2cccc(C(F)(F)F)c2)n1.